The van der Waals surface area contributed by atoms with E-state index in [1.54, 1.807) is 30.4 Å². The highest BCUT2D eigenvalue weighted by Gasteiger charge is 2.12. The molecule has 2 aromatic rings. The van der Waals surface area contributed by atoms with Crippen molar-refractivity contribution in [3.8, 4) is 6.07 Å². The number of rotatable bonds is 4. The lowest BCUT2D eigenvalue weighted by molar-refractivity contribution is 0.0796. The zero-order valence-corrected chi connectivity index (χ0v) is 11.2. The van der Waals surface area contributed by atoms with Crippen LogP contribution in [-0.2, 0) is 6.42 Å². The highest BCUT2D eigenvalue weighted by atomic mass is 16.2. The summed E-state index contributed by atoms with van der Waals surface area (Å²) in [5, 5.41) is 8.81. The van der Waals surface area contributed by atoms with Crippen LogP contribution in [0.3, 0.4) is 0 Å². The van der Waals surface area contributed by atoms with Crippen molar-refractivity contribution < 1.29 is 4.79 Å². The number of hydrogen-bond donors (Lipinski definition) is 0. The predicted molar refractivity (Wildman–Crippen MR) is 73.9 cm³/mol. The Morgan fingerprint density at radius 3 is 2.90 bits per heavy atom. The van der Waals surface area contributed by atoms with Crippen LogP contribution in [0.15, 0.2) is 43.0 Å². The number of nitrogens with zero attached hydrogens (tertiary/aromatic N) is 4. The van der Waals surface area contributed by atoms with Crippen LogP contribution >= 0.6 is 0 Å². The van der Waals surface area contributed by atoms with Crippen molar-refractivity contribution >= 4 is 5.91 Å². The molecular formula is C15H14N4O. The van der Waals surface area contributed by atoms with Gasteiger partial charge in [0, 0.05) is 38.4 Å². The summed E-state index contributed by atoms with van der Waals surface area (Å²) in [6.07, 6.45) is 7.16. The molecule has 1 amide bonds. The maximum absolute atomic E-state index is 12.2. The number of likely N-dealkylation sites (N-methyl/N-ethyl adjacent to an activating group) is 1. The fourth-order valence-corrected chi connectivity index (χ4v) is 1.78. The fourth-order valence-electron chi connectivity index (χ4n) is 1.78. The average molecular weight is 266 g/mol. The summed E-state index contributed by atoms with van der Waals surface area (Å²) in [7, 11) is 1.73. The highest BCUT2D eigenvalue weighted by Crippen LogP contribution is 2.06. The Morgan fingerprint density at radius 1 is 1.35 bits per heavy atom. The Labute approximate surface area is 117 Å². The largest absolute Gasteiger partial charge is 0.341 e. The predicted octanol–water partition coefficient (Wildman–Crippen LogP) is 1.66. The van der Waals surface area contributed by atoms with Gasteiger partial charge in [-0.25, -0.2) is 0 Å². The summed E-state index contributed by atoms with van der Waals surface area (Å²) >= 11 is 0. The smallest absolute Gasteiger partial charge is 0.255 e. The molecule has 0 bridgehead atoms. The topological polar surface area (TPSA) is 69.9 Å². The summed E-state index contributed by atoms with van der Waals surface area (Å²) in [5.41, 5.74) is 1.89. The maximum atomic E-state index is 12.2. The molecule has 5 heteroatoms. The lowest BCUT2D eigenvalue weighted by atomic mass is 10.1. The first-order chi connectivity index (χ1) is 9.70. The van der Waals surface area contributed by atoms with Gasteiger partial charge in [0.1, 0.15) is 6.07 Å². The van der Waals surface area contributed by atoms with Crippen molar-refractivity contribution in [2.24, 2.45) is 0 Å². The molecule has 0 N–H and O–H groups in total. The zero-order valence-electron chi connectivity index (χ0n) is 11.2. The molecule has 0 saturated carbocycles. The molecule has 0 aliphatic rings. The second-order valence-electron chi connectivity index (χ2n) is 4.41. The molecule has 0 unspecified atom stereocenters. The van der Waals surface area contributed by atoms with E-state index < -0.39 is 0 Å². The van der Waals surface area contributed by atoms with Gasteiger partial charge in [0.05, 0.1) is 11.1 Å². The minimum Gasteiger partial charge on any atom is -0.341 e. The van der Waals surface area contributed by atoms with Gasteiger partial charge in [-0.3, -0.25) is 14.8 Å². The number of carbonyl (C=O) groups excluding carboxylic acids is 1. The SMILES string of the molecule is CN(CCc1cccnc1)C(=O)c1cncc(C#N)c1. The fraction of sp³-hybridized carbons (Fsp3) is 0.200. The number of hydrogen-bond acceptors (Lipinski definition) is 4. The average Bonchev–Trinajstić information content (AvgIpc) is 2.53. The van der Waals surface area contributed by atoms with Crippen molar-refractivity contribution in [1.29, 1.82) is 5.26 Å². The number of amides is 1. The quantitative estimate of drug-likeness (QED) is 0.844. The number of carbonyl (C=O) groups is 1. The Bertz CT molecular complexity index is 634. The molecule has 20 heavy (non-hydrogen) atoms. The Morgan fingerprint density at radius 2 is 2.20 bits per heavy atom. The first-order valence-electron chi connectivity index (χ1n) is 6.20. The van der Waals surface area contributed by atoms with Crippen molar-refractivity contribution in [1.82, 2.24) is 14.9 Å². The molecule has 0 fully saturated rings. The van der Waals surface area contributed by atoms with Crippen LogP contribution in [0, 0.1) is 11.3 Å². The third-order valence-electron chi connectivity index (χ3n) is 2.92. The number of nitriles is 1. The molecule has 0 aromatic carbocycles. The van der Waals surface area contributed by atoms with E-state index in [0.29, 0.717) is 17.7 Å². The van der Waals surface area contributed by atoms with E-state index in [1.807, 2.05) is 18.2 Å². The molecule has 0 radical (unpaired) electrons. The van der Waals surface area contributed by atoms with E-state index in [0.717, 1.165) is 12.0 Å². The summed E-state index contributed by atoms with van der Waals surface area (Å²) in [6, 6.07) is 7.38. The van der Waals surface area contributed by atoms with E-state index in [1.165, 1.54) is 12.4 Å². The lowest BCUT2D eigenvalue weighted by Crippen LogP contribution is -2.29. The van der Waals surface area contributed by atoms with Gasteiger partial charge in [-0.1, -0.05) is 6.07 Å². The summed E-state index contributed by atoms with van der Waals surface area (Å²) in [4.78, 5) is 21.7. The van der Waals surface area contributed by atoms with E-state index in [9.17, 15) is 4.79 Å². The Balaban J connectivity index is 2.00. The van der Waals surface area contributed by atoms with Crippen LogP contribution in [0.5, 0.6) is 0 Å². The van der Waals surface area contributed by atoms with Crippen molar-refractivity contribution in [3.05, 3.63) is 59.7 Å². The van der Waals surface area contributed by atoms with Crippen LogP contribution in [0.4, 0.5) is 0 Å². The molecule has 0 saturated heterocycles. The van der Waals surface area contributed by atoms with Crippen molar-refractivity contribution in [2.45, 2.75) is 6.42 Å². The molecule has 2 aromatic heterocycles. The van der Waals surface area contributed by atoms with Gasteiger partial charge in [-0.15, -0.1) is 0 Å². The molecule has 0 atom stereocenters. The summed E-state index contributed by atoms with van der Waals surface area (Å²) < 4.78 is 0. The molecule has 0 aliphatic carbocycles. The van der Waals surface area contributed by atoms with E-state index in [4.69, 9.17) is 5.26 Å². The standard InChI is InChI=1S/C15H14N4O/c1-19(6-4-12-3-2-5-17-9-12)15(20)14-7-13(8-16)10-18-11-14/h2-3,5,7,9-11H,4,6H2,1H3. The third-order valence-corrected chi connectivity index (χ3v) is 2.92. The van der Waals surface area contributed by atoms with Gasteiger partial charge in [-0.2, -0.15) is 5.26 Å². The van der Waals surface area contributed by atoms with E-state index in [2.05, 4.69) is 9.97 Å². The van der Waals surface area contributed by atoms with Crippen LogP contribution in [0.1, 0.15) is 21.5 Å². The van der Waals surface area contributed by atoms with E-state index >= 15 is 0 Å². The van der Waals surface area contributed by atoms with Crippen LogP contribution in [0.2, 0.25) is 0 Å². The van der Waals surface area contributed by atoms with Crippen LogP contribution in [0.25, 0.3) is 0 Å². The van der Waals surface area contributed by atoms with Gasteiger partial charge in [-0.05, 0) is 24.1 Å². The van der Waals surface area contributed by atoms with Gasteiger partial charge in [0.25, 0.3) is 5.91 Å². The minimum atomic E-state index is -0.140. The molecule has 5 nitrogen and oxygen atoms in total. The molecule has 100 valence electrons. The monoisotopic (exact) mass is 266 g/mol. The Hall–Kier alpha value is -2.74. The minimum absolute atomic E-state index is 0.140. The second-order valence-corrected chi connectivity index (χ2v) is 4.41. The number of aromatic nitrogens is 2. The molecule has 0 spiro atoms. The maximum Gasteiger partial charge on any atom is 0.255 e. The summed E-state index contributed by atoms with van der Waals surface area (Å²) in [5.74, 6) is -0.140. The third kappa shape index (κ3) is 3.39. The summed E-state index contributed by atoms with van der Waals surface area (Å²) in [6.45, 7) is 0.585. The number of pyridine rings is 2. The normalized spacial score (nSPS) is 9.80. The zero-order chi connectivity index (χ0) is 14.4. The molecule has 2 heterocycles. The van der Waals surface area contributed by atoms with Gasteiger partial charge < -0.3 is 4.90 Å². The highest BCUT2D eigenvalue weighted by molar-refractivity contribution is 5.94. The van der Waals surface area contributed by atoms with Gasteiger partial charge in [0.2, 0.25) is 0 Å². The molecule has 2 rings (SSSR count). The second kappa shape index (κ2) is 6.43. The Kier molecular flexibility index (Phi) is 4.40. The molecular weight excluding hydrogens is 252 g/mol. The lowest BCUT2D eigenvalue weighted by Gasteiger charge is -2.17. The van der Waals surface area contributed by atoms with Crippen molar-refractivity contribution in [3.63, 3.8) is 0 Å². The molecule has 0 aliphatic heterocycles. The first-order valence-corrected chi connectivity index (χ1v) is 6.20. The van der Waals surface area contributed by atoms with E-state index in [-0.39, 0.29) is 5.91 Å². The van der Waals surface area contributed by atoms with Crippen molar-refractivity contribution in [2.75, 3.05) is 13.6 Å². The van der Waals surface area contributed by atoms with Gasteiger partial charge in [0.15, 0.2) is 0 Å². The van der Waals surface area contributed by atoms with Crippen LogP contribution in [-0.4, -0.2) is 34.4 Å². The first kappa shape index (κ1) is 13.7. The van der Waals surface area contributed by atoms with Crippen LogP contribution < -0.4 is 0 Å². The van der Waals surface area contributed by atoms with Gasteiger partial charge >= 0.3 is 0 Å².